The number of carbonyl (C=O) groups is 1. The largest absolute Gasteiger partial charge is 0.351 e. The second kappa shape index (κ2) is 3.18. The van der Waals surface area contributed by atoms with Crippen molar-refractivity contribution in [2.45, 2.75) is 13.0 Å². The fourth-order valence-electron chi connectivity index (χ4n) is 1.15. The van der Waals surface area contributed by atoms with E-state index in [1.165, 1.54) is 6.20 Å². The predicted octanol–water partition coefficient (Wildman–Crippen LogP) is -0.315. The minimum Gasteiger partial charge on any atom is -0.351 e. The summed E-state index contributed by atoms with van der Waals surface area (Å²) in [4.78, 5) is 11.5. The van der Waals surface area contributed by atoms with E-state index in [1.54, 1.807) is 6.92 Å². The second-order valence-electron chi connectivity index (χ2n) is 3.17. The van der Waals surface area contributed by atoms with Crippen molar-refractivity contribution in [3.05, 3.63) is 17.5 Å². The normalized spacial score (nSPS) is 16.7. The Morgan fingerprint density at radius 1 is 1.77 bits per heavy atom. The molecule has 1 aromatic rings. The van der Waals surface area contributed by atoms with Gasteiger partial charge >= 0.3 is 0 Å². The molecule has 2 heterocycles. The number of nitrogens with one attached hydrogen (secondary N) is 2. The molecule has 5 nitrogen and oxygen atoms in total. The quantitative estimate of drug-likeness (QED) is 0.656. The molecular formula is C8H11N3O2. The fraction of sp³-hybridized carbons (Fsp3) is 0.500. The van der Waals surface area contributed by atoms with Gasteiger partial charge in [0.2, 0.25) is 5.76 Å². The molecule has 1 amide bonds. The first-order valence-corrected chi connectivity index (χ1v) is 4.20. The highest BCUT2D eigenvalue weighted by molar-refractivity contribution is 5.92. The lowest BCUT2D eigenvalue weighted by molar-refractivity contribution is 0.0885. The fourth-order valence-corrected chi connectivity index (χ4v) is 1.15. The zero-order valence-corrected chi connectivity index (χ0v) is 7.33. The zero-order valence-electron chi connectivity index (χ0n) is 7.33. The van der Waals surface area contributed by atoms with Crippen LogP contribution in [0.5, 0.6) is 0 Å². The van der Waals surface area contributed by atoms with Crippen molar-refractivity contribution in [1.29, 1.82) is 0 Å². The van der Waals surface area contributed by atoms with Gasteiger partial charge < -0.3 is 15.2 Å². The molecule has 70 valence electrons. The van der Waals surface area contributed by atoms with Crippen LogP contribution >= 0.6 is 0 Å². The van der Waals surface area contributed by atoms with Gasteiger partial charge in [-0.2, -0.15) is 0 Å². The Morgan fingerprint density at radius 3 is 3.00 bits per heavy atom. The lowest BCUT2D eigenvalue weighted by Crippen LogP contribution is -2.56. The Balaban J connectivity index is 2.00. The van der Waals surface area contributed by atoms with E-state index in [1.807, 2.05) is 0 Å². The van der Waals surface area contributed by atoms with Gasteiger partial charge in [-0.1, -0.05) is 5.16 Å². The summed E-state index contributed by atoms with van der Waals surface area (Å²) in [6.45, 7) is 3.46. The molecule has 2 N–H and O–H groups in total. The first-order chi connectivity index (χ1) is 6.27. The van der Waals surface area contributed by atoms with E-state index >= 15 is 0 Å². The monoisotopic (exact) mass is 181 g/mol. The molecule has 0 aromatic carbocycles. The molecule has 1 saturated heterocycles. The third kappa shape index (κ3) is 1.55. The molecule has 0 saturated carbocycles. The highest BCUT2D eigenvalue weighted by atomic mass is 16.5. The second-order valence-corrected chi connectivity index (χ2v) is 3.17. The van der Waals surface area contributed by atoms with Crippen molar-refractivity contribution in [2.75, 3.05) is 13.1 Å². The van der Waals surface area contributed by atoms with Crippen molar-refractivity contribution in [3.63, 3.8) is 0 Å². The summed E-state index contributed by atoms with van der Waals surface area (Å²) in [6, 6.07) is 0.233. The van der Waals surface area contributed by atoms with Crippen LogP contribution in [0.3, 0.4) is 0 Å². The molecule has 0 unspecified atom stereocenters. The molecule has 0 aliphatic carbocycles. The van der Waals surface area contributed by atoms with Crippen LogP contribution in [0.4, 0.5) is 0 Å². The highest BCUT2D eigenvalue weighted by Gasteiger charge is 2.22. The number of hydrogen-bond donors (Lipinski definition) is 2. The van der Waals surface area contributed by atoms with Gasteiger partial charge in [-0.05, 0) is 6.92 Å². The number of aryl methyl sites for hydroxylation is 1. The Kier molecular flexibility index (Phi) is 2.02. The molecular weight excluding hydrogens is 170 g/mol. The minimum absolute atomic E-state index is 0.179. The third-order valence-electron chi connectivity index (χ3n) is 2.07. The average Bonchev–Trinajstić information content (AvgIpc) is 2.43. The van der Waals surface area contributed by atoms with E-state index in [0.717, 1.165) is 18.7 Å². The lowest BCUT2D eigenvalue weighted by atomic mass is 10.1. The number of rotatable bonds is 2. The standard InChI is InChI=1S/C8H11N3O2/c1-5-2-10-13-7(5)8(12)11-6-3-9-4-6/h2,6,9H,3-4H2,1H3,(H,11,12). The lowest BCUT2D eigenvalue weighted by Gasteiger charge is -2.27. The van der Waals surface area contributed by atoms with Gasteiger partial charge in [0.1, 0.15) is 0 Å². The number of aromatic nitrogens is 1. The minimum atomic E-state index is -0.179. The average molecular weight is 181 g/mol. The SMILES string of the molecule is Cc1cnoc1C(=O)NC1CNC1. The smallest absolute Gasteiger partial charge is 0.290 e. The Morgan fingerprint density at radius 2 is 2.54 bits per heavy atom. The van der Waals surface area contributed by atoms with Crippen molar-refractivity contribution in [2.24, 2.45) is 0 Å². The number of hydrogen-bond acceptors (Lipinski definition) is 4. The first kappa shape index (κ1) is 8.25. The Bertz CT molecular complexity index is 317. The van der Waals surface area contributed by atoms with Gasteiger partial charge in [0.25, 0.3) is 5.91 Å². The highest BCUT2D eigenvalue weighted by Crippen LogP contribution is 2.06. The van der Waals surface area contributed by atoms with Gasteiger partial charge in [0.15, 0.2) is 0 Å². The molecule has 1 fully saturated rings. The number of amides is 1. The number of nitrogens with zero attached hydrogens (tertiary/aromatic N) is 1. The summed E-state index contributed by atoms with van der Waals surface area (Å²) >= 11 is 0. The molecule has 1 aliphatic rings. The van der Waals surface area contributed by atoms with E-state index in [4.69, 9.17) is 4.52 Å². The molecule has 1 aromatic heterocycles. The van der Waals surface area contributed by atoms with Crippen LogP contribution in [-0.2, 0) is 0 Å². The molecule has 5 heteroatoms. The van der Waals surface area contributed by atoms with Crippen molar-refractivity contribution in [1.82, 2.24) is 15.8 Å². The molecule has 13 heavy (non-hydrogen) atoms. The van der Waals surface area contributed by atoms with Crippen LogP contribution in [0.2, 0.25) is 0 Å². The number of carbonyl (C=O) groups excluding carboxylic acids is 1. The predicted molar refractivity (Wildman–Crippen MR) is 45.4 cm³/mol. The maximum absolute atomic E-state index is 11.5. The summed E-state index contributed by atoms with van der Waals surface area (Å²) in [5.74, 6) is 0.133. The van der Waals surface area contributed by atoms with E-state index < -0.39 is 0 Å². The van der Waals surface area contributed by atoms with Gasteiger partial charge in [-0.25, -0.2) is 0 Å². The summed E-state index contributed by atoms with van der Waals surface area (Å²) < 4.78 is 4.81. The van der Waals surface area contributed by atoms with E-state index in [0.29, 0.717) is 5.76 Å². The van der Waals surface area contributed by atoms with Crippen LogP contribution in [0.1, 0.15) is 16.1 Å². The van der Waals surface area contributed by atoms with Crippen molar-refractivity contribution in [3.8, 4) is 0 Å². The Hall–Kier alpha value is -1.36. The maximum Gasteiger partial charge on any atom is 0.290 e. The van der Waals surface area contributed by atoms with Crippen LogP contribution in [0.25, 0.3) is 0 Å². The van der Waals surface area contributed by atoms with E-state index in [-0.39, 0.29) is 11.9 Å². The van der Waals surface area contributed by atoms with Crippen molar-refractivity contribution < 1.29 is 9.32 Å². The summed E-state index contributed by atoms with van der Waals surface area (Å²) in [7, 11) is 0. The van der Waals surface area contributed by atoms with Gasteiger partial charge in [-0.15, -0.1) is 0 Å². The van der Waals surface area contributed by atoms with Gasteiger partial charge in [0.05, 0.1) is 12.2 Å². The molecule has 0 atom stereocenters. The van der Waals surface area contributed by atoms with E-state index in [2.05, 4.69) is 15.8 Å². The summed E-state index contributed by atoms with van der Waals surface area (Å²) in [6.07, 6.45) is 1.54. The molecule has 0 radical (unpaired) electrons. The maximum atomic E-state index is 11.5. The molecule has 2 rings (SSSR count). The van der Waals surface area contributed by atoms with Crippen molar-refractivity contribution >= 4 is 5.91 Å². The summed E-state index contributed by atoms with van der Waals surface area (Å²) in [5, 5.41) is 9.43. The summed E-state index contributed by atoms with van der Waals surface area (Å²) in [5.41, 5.74) is 0.768. The first-order valence-electron chi connectivity index (χ1n) is 4.20. The molecule has 0 spiro atoms. The Labute approximate surface area is 75.5 Å². The third-order valence-corrected chi connectivity index (χ3v) is 2.07. The van der Waals surface area contributed by atoms with E-state index in [9.17, 15) is 4.79 Å². The molecule has 0 bridgehead atoms. The van der Waals surface area contributed by atoms with Gasteiger partial charge in [0, 0.05) is 18.7 Å². The zero-order chi connectivity index (χ0) is 9.26. The van der Waals surface area contributed by atoms with Crippen LogP contribution in [-0.4, -0.2) is 30.2 Å². The van der Waals surface area contributed by atoms with Crippen LogP contribution < -0.4 is 10.6 Å². The topological polar surface area (TPSA) is 67.2 Å². The van der Waals surface area contributed by atoms with Crippen LogP contribution in [0.15, 0.2) is 10.7 Å². The van der Waals surface area contributed by atoms with Crippen LogP contribution in [0, 0.1) is 6.92 Å². The van der Waals surface area contributed by atoms with Gasteiger partial charge in [-0.3, -0.25) is 4.79 Å². The molecule has 1 aliphatic heterocycles.